The Morgan fingerprint density at radius 3 is 2.83 bits per heavy atom. The number of aryl methyl sites for hydroxylation is 1. The average molecular weight is 422 g/mol. The highest BCUT2D eigenvalue weighted by molar-refractivity contribution is 7.17. The van der Waals surface area contributed by atoms with Crippen LogP contribution in [0, 0.1) is 6.92 Å². The summed E-state index contributed by atoms with van der Waals surface area (Å²) in [6.45, 7) is 4.53. The second kappa shape index (κ2) is 8.39. The van der Waals surface area contributed by atoms with Crippen LogP contribution >= 0.6 is 11.3 Å². The van der Waals surface area contributed by atoms with E-state index in [4.69, 9.17) is 0 Å². The van der Waals surface area contributed by atoms with Crippen molar-refractivity contribution in [2.45, 2.75) is 19.6 Å². The topological polar surface area (TPSA) is 45.9 Å². The number of amides is 1. The molecule has 4 nitrogen and oxygen atoms in total. The molecule has 1 amide bonds. The van der Waals surface area contributed by atoms with Crippen LogP contribution in [0.5, 0.6) is 0 Å². The molecule has 0 radical (unpaired) electrons. The molecule has 0 saturated heterocycles. The predicted molar refractivity (Wildman–Crippen MR) is 81.1 cm³/mol. The number of carbonyl (C=O) groups is 1. The van der Waals surface area contributed by atoms with E-state index in [1.54, 1.807) is 13.0 Å². The lowest BCUT2D eigenvalue weighted by Gasteiger charge is -2.07. The van der Waals surface area contributed by atoms with Crippen molar-refractivity contribution in [3.63, 3.8) is 0 Å². The third-order valence-electron chi connectivity index (χ3n) is 2.90. The second-order valence-electron chi connectivity index (χ2n) is 4.81. The first kappa shape index (κ1) is 20.3. The van der Waals surface area contributed by atoms with Crippen LogP contribution in [0.15, 0.2) is 37.2 Å². The van der Waals surface area contributed by atoms with E-state index in [0.29, 0.717) is 17.2 Å². The number of nitrogens with zero attached hydrogens (tertiary/aromatic N) is 2. The lowest BCUT2D eigenvalue weighted by Crippen LogP contribution is -3.00. The van der Waals surface area contributed by atoms with Crippen LogP contribution in [0.3, 0.4) is 0 Å². The zero-order valence-electron chi connectivity index (χ0n) is 12.7. The van der Waals surface area contributed by atoms with Crippen LogP contribution in [0.4, 0.5) is 13.2 Å². The molecule has 0 aliphatic rings. The second-order valence-corrected chi connectivity index (χ2v) is 5.81. The fourth-order valence-electron chi connectivity index (χ4n) is 1.90. The van der Waals surface area contributed by atoms with Crippen LogP contribution < -0.4 is 26.9 Å². The third kappa shape index (κ3) is 5.41. The van der Waals surface area contributed by atoms with Crippen LogP contribution in [0.1, 0.15) is 15.4 Å². The molecule has 1 N–H and O–H groups in total. The molecule has 0 saturated carbocycles. The van der Waals surface area contributed by atoms with Crippen molar-refractivity contribution in [2.24, 2.45) is 0 Å². The molecule has 0 fully saturated rings. The number of hydrogen-bond acceptors (Lipinski definition) is 3. The summed E-state index contributed by atoms with van der Waals surface area (Å²) < 4.78 is 38.4. The SMILES string of the molecule is C=CC[n+]1cccc(-c2nc(C)c(C(=O)NCC(F)(F)F)s2)c1.[Br-]. The maximum atomic E-state index is 12.2. The molecule has 130 valence electrons. The number of alkyl halides is 3. The zero-order valence-corrected chi connectivity index (χ0v) is 15.1. The Balaban J connectivity index is 0.00000288. The zero-order chi connectivity index (χ0) is 17.0. The lowest BCUT2D eigenvalue weighted by atomic mass is 10.3. The largest absolute Gasteiger partial charge is 1.00 e. The number of rotatable bonds is 5. The molecule has 0 unspecified atom stereocenters. The van der Waals surface area contributed by atoms with Gasteiger partial charge in [-0.25, -0.2) is 9.55 Å². The molecule has 0 bridgehead atoms. The molecular weight excluding hydrogens is 407 g/mol. The number of halogens is 4. The molecular formula is C15H15BrF3N3OS. The number of thiazole rings is 1. The van der Waals surface area contributed by atoms with Crippen LogP contribution in [-0.2, 0) is 6.54 Å². The van der Waals surface area contributed by atoms with E-state index in [9.17, 15) is 18.0 Å². The van der Waals surface area contributed by atoms with Crippen molar-refractivity contribution in [1.29, 1.82) is 0 Å². The minimum absolute atomic E-state index is 0. The normalized spacial score (nSPS) is 10.8. The standard InChI is InChI=1S/C15H14F3N3OS.BrH/c1-3-6-21-7-4-5-11(8-21)14-20-10(2)12(23-14)13(22)19-9-15(16,17)18;/h3-5,7-8H,1,6,9H2,2H3;1H. The van der Waals surface area contributed by atoms with Crippen molar-refractivity contribution >= 4 is 17.2 Å². The van der Waals surface area contributed by atoms with Gasteiger partial charge in [0.25, 0.3) is 5.91 Å². The van der Waals surface area contributed by atoms with Gasteiger partial charge in [-0.15, -0.1) is 11.3 Å². The summed E-state index contributed by atoms with van der Waals surface area (Å²) in [6.07, 6.45) is 1.01. The molecule has 0 atom stereocenters. The Bertz CT molecular complexity index is 731. The summed E-state index contributed by atoms with van der Waals surface area (Å²) in [5.74, 6) is -0.765. The number of hydrogen-bond donors (Lipinski definition) is 1. The minimum Gasteiger partial charge on any atom is -1.00 e. The molecule has 2 aromatic heterocycles. The summed E-state index contributed by atoms with van der Waals surface area (Å²) in [7, 11) is 0. The number of pyridine rings is 1. The van der Waals surface area contributed by atoms with E-state index in [0.717, 1.165) is 16.9 Å². The highest BCUT2D eigenvalue weighted by Crippen LogP contribution is 2.27. The molecule has 0 aliphatic carbocycles. The van der Waals surface area contributed by atoms with Crippen molar-refractivity contribution in [2.75, 3.05) is 6.54 Å². The molecule has 2 aromatic rings. The molecule has 24 heavy (non-hydrogen) atoms. The quantitative estimate of drug-likeness (QED) is 0.540. The highest BCUT2D eigenvalue weighted by atomic mass is 79.9. The van der Waals surface area contributed by atoms with Gasteiger partial charge in [0.15, 0.2) is 18.9 Å². The predicted octanol–water partition coefficient (Wildman–Crippen LogP) is -0.112. The van der Waals surface area contributed by atoms with E-state index >= 15 is 0 Å². The van der Waals surface area contributed by atoms with E-state index in [-0.39, 0.29) is 21.9 Å². The molecule has 0 spiro atoms. The van der Waals surface area contributed by atoms with Crippen LogP contribution in [0.2, 0.25) is 0 Å². The molecule has 2 rings (SSSR count). The van der Waals surface area contributed by atoms with E-state index < -0.39 is 18.6 Å². The summed E-state index contributed by atoms with van der Waals surface area (Å²) in [5.41, 5.74) is 1.20. The third-order valence-corrected chi connectivity index (χ3v) is 4.10. The maximum absolute atomic E-state index is 12.2. The average Bonchev–Trinajstić information content (AvgIpc) is 2.87. The van der Waals surface area contributed by atoms with Gasteiger partial charge in [0, 0.05) is 6.07 Å². The van der Waals surface area contributed by atoms with E-state index in [1.807, 2.05) is 34.4 Å². The molecule has 0 aromatic carbocycles. The fourth-order valence-corrected chi connectivity index (χ4v) is 2.88. The van der Waals surface area contributed by atoms with Gasteiger partial charge in [0.2, 0.25) is 0 Å². The first-order valence-corrected chi connectivity index (χ1v) is 7.54. The van der Waals surface area contributed by atoms with Crippen LogP contribution in [-0.4, -0.2) is 23.6 Å². The Hall–Kier alpha value is -1.74. The molecule has 9 heteroatoms. The fraction of sp³-hybridized carbons (Fsp3) is 0.267. The van der Waals surface area contributed by atoms with Gasteiger partial charge >= 0.3 is 6.18 Å². The van der Waals surface area contributed by atoms with Gasteiger partial charge in [0.05, 0.1) is 11.3 Å². The van der Waals surface area contributed by atoms with Crippen molar-refractivity contribution < 1.29 is 39.5 Å². The Morgan fingerprint density at radius 2 is 2.21 bits per heavy atom. The molecule has 2 heterocycles. The van der Waals surface area contributed by atoms with Gasteiger partial charge in [-0.3, -0.25) is 4.79 Å². The maximum Gasteiger partial charge on any atom is 0.405 e. The minimum atomic E-state index is -4.44. The van der Waals surface area contributed by atoms with Gasteiger partial charge in [-0.1, -0.05) is 6.58 Å². The smallest absolute Gasteiger partial charge is 0.405 e. The Morgan fingerprint density at radius 1 is 1.50 bits per heavy atom. The highest BCUT2D eigenvalue weighted by Gasteiger charge is 2.29. The Kier molecular flexibility index (Phi) is 7.09. The van der Waals surface area contributed by atoms with Gasteiger partial charge in [0.1, 0.15) is 16.4 Å². The number of allylic oxidation sites excluding steroid dienone is 1. The summed E-state index contributed by atoms with van der Waals surface area (Å²) in [6, 6.07) is 3.66. The van der Waals surface area contributed by atoms with Gasteiger partial charge in [-0.05, 0) is 19.1 Å². The number of nitrogens with one attached hydrogen (secondary N) is 1. The van der Waals surface area contributed by atoms with E-state index in [2.05, 4.69) is 11.6 Å². The van der Waals surface area contributed by atoms with Crippen LogP contribution in [0.25, 0.3) is 10.6 Å². The van der Waals surface area contributed by atoms with Gasteiger partial charge < -0.3 is 22.3 Å². The van der Waals surface area contributed by atoms with Crippen molar-refractivity contribution in [1.82, 2.24) is 10.3 Å². The molecule has 0 aliphatic heterocycles. The summed E-state index contributed by atoms with van der Waals surface area (Å²) in [4.78, 5) is 16.3. The summed E-state index contributed by atoms with van der Waals surface area (Å²) in [5, 5.41) is 2.45. The lowest BCUT2D eigenvalue weighted by molar-refractivity contribution is -0.686. The van der Waals surface area contributed by atoms with Gasteiger partial charge in [-0.2, -0.15) is 13.2 Å². The number of carbonyl (C=O) groups excluding carboxylic acids is 1. The van der Waals surface area contributed by atoms with Crippen molar-refractivity contribution in [3.05, 3.63) is 47.8 Å². The Labute approximate surface area is 151 Å². The first-order valence-electron chi connectivity index (χ1n) is 6.73. The first-order chi connectivity index (χ1) is 10.8. The monoisotopic (exact) mass is 421 g/mol. The summed E-state index contributed by atoms with van der Waals surface area (Å²) >= 11 is 1.07. The van der Waals surface area contributed by atoms with Crippen molar-refractivity contribution in [3.8, 4) is 10.6 Å². The number of aromatic nitrogens is 2. The van der Waals surface area contributed by atoms with E-state index in [1.165, 1.54) is 0 Å².